The van der Waals surface area contributed by atoms with Crippen molar-refractivity contribution in [3.8, 4) is 0 Å². The van der Waals surface area contributed by atoms with E-state index in [9.17, 15) is 15.0 Å². The molecule has 0 aromatic heterocycles. The van der Waals surface area contributed by atoms with Gasteiger partial charge in [-0.3, -0.25) is 4.79 Å². The smallest absolute Gasteiger partial charge is 0.168 e. The topological polar surface area (TPSA) is 57.5 Å². The quantitative estimate of drug-likeness (QED) is 0.727. The van der Waals surface area contributed by atoms with Crippen molar-refractivity contribution in [1.82, 2.24) is 0 Å². The fraction of sp³-hybridized carbons (Fsp3) is 0.850. The highest BCUT2D eigenvalue weighted by atomic mass is 16.3. The lowest BCUT2D eigenvalue weighted by Gasteiger charge is -2.64. The van der Waals surface area contributed by atoms with E-state index < -0.39 is 23.0 Å². The average Bonchev–Trinajstić information content (AvgIpc) is 2.43. The lowest BCUT2D eigenvalue weighted by molar-refractivity contribution is -0.215. The Kier molecular flexibility index (Phi) is 3.67. The minimum Gasteiger partial charge on any atom is -0.389 e. The first-order valence-corrected chi connectivity index (χ1v) is 9.08. The van der Waals surface area contributed by atoms with E-state index in [0.29, 0.717) is 18.8 Å². The maximum atomic E-state index is 13.2. The van der Waals surface area contributed by atoms with Gasteiger partial charge in [0.25, 0.3) is 0 Å². The Morgan fingerprint density at radius 3 is 2.43 bits per heavy atom. The molecule has 2 N–H and O–H groups in total. The number of fused-ring (bicyclic) bond motifs is 3. The number of Topliss-reactive ketones (excluding diaryl/α,β-unsaturated/α-hetero) is 1. The van der Waals surface area contributed by atoms with Crippen LogP contribution < -0.4 is 0 Å². The lowest BCUT2D eigenvalue weighted by atomic mass is 9.41. The first-order chi connectivity index (χ1) is 10.5. The van der Waals surface area contributed by atoms with Gasteiger partial charge in [-0.05, 0) is 48.9 Å². The molecule has 3 heteroatoms. The highest BCUT2D eigenvalue weighted by Crippen LogP contribution is 2.65. The second kappa shape index (κ2) is 4.92. The van der Waals surface area contributed by atoms with Crippen LogP contribution in [0.25, 0.3) is 0 Å². The number of hydrogen-bond acceptors (Lipinski definition) is 3. The Morgan fingerprint density at radius 1 is 1.17 bits per heavy atom. The third-order valence-corrected chi connectivity index (χ3v) is 7.67. The zero-order valence-corrected chi connectivity index (χ0v) is 15.1. The Bertz CT molecular complexity index is 539. The molecule has 3 aliphatic carbocycles. The maximum Gasteiger partial charge on any atom is 0.168 e. The molecule has 3 rings (SSSR count). The van der Waals surface area contributed by atoms with Crippen LogP contribution in [0.3, 0.4) is 0 Å². The van der Waals surface area contributed by atoms with Crippen molar-refractivity contribution < 1.29 is 15.0 Å². The summed E-state index contributed by atoms with van der Waals surface area (Å²) in [5, 5.41) is 22.1. The van der Waals surface area contributed by atoms with E-state index in [2.05, 4.69) is 27.4 Å². The van der Waals surface area contributed by atoms with Crippen molar-refractivity contribution in [2.45, 2.75) is 77.9 Å². The van der Waals surface area contributed by atoms with Crippen LogP contribution >= 0.6 is 0 Å². The molecule has 0 saturated heterocycles. The molecule has 130 valence electrons. The predicted octanol–water partition coefficient (Wildman–Crippen LogP) is 3.49. The summed E-state index contributed by atoms with van der Waals surface area (Å²) in [6, 6.07) is 0. The van der Waals surface area contributed by atoms with Gasteiger partial charge in [-0.25, -0.2) is 0 Å². The minimum absolute atomic E-state index is 0.161. The van der Waals surface area contributed by atoms with E-state index in [0.717, 1.165) is 19.3 Å². The van der Waals surface area contributed by atoms with Gasteiger partial charge in [0.1, 0.15) is 6.10 Å². The van der Waals surface area contributed by atoms with E-state index >= 15 is 0 Å². The Labute approximate surface area is 140 Å². The van der Waals surface area contributed by atoms with Crippen molar-refractivity contribution in [3.05, 3.63) is 12.7 Å². The molecule has 0 aromatic rings. The summed E-state index contributed by atoms with van der Waals surface area (Å²) in [7, 11) is 0. The van der Waals surface area contributed by atoms with E-state index in [4.69, 9.17) is 0 Å². The second-order valence-corrected chi connectivity index (χ2v) is 9.67. The zero-order chi connectivity index (χ0) is 17.3. The van der Waals surface area contributed by atoms with Gasteiger partial charge < -0.3 is 10.2 Å². The van der Waals surface area contributed by atoms with Gasteiger partial charge in [-0.2, -0.15) is 0 Å². The van der Waals surface area contributed by atoms with Gasteiger partial charge in [0, 0.05) is 5.41 Å². The molecule has 3 nitrogen and oxygen atoms in total. The summed E-state index contributed by atoms with van der Waals surface area (Å²) in [6.45, 7) is 12.4. The highest BCUT2D eigenvalue weighted by Gasteiger charge is 2.66. The SMILES string of the molecule is C=C[C@]1(C)C[C@]2(O)CC[C@H]3C(C)(C)CCC[C@]3(C)[C@H]2C(=O)[C@@H]1O. The van der Waals surface area contributed by atoms with E-state index in [-0.39, 0.29) is 16.6 Å². The molecule has 0 radical (unpaired) electrons. The summed E-state index contributed by atoms with van der Waals surface area (Å²) in [6.07, 6.45) is 5.90. The van der Waals surface area contributed by atoms with Crippen molar-refractivity contribution in [2.24, 2.45) is 28.1 Å². The van der Waals surface area contributed by atoms with E-state index in [1.54, 1.807) is 6.08 Å². The Balaban J connectivity index is 2.07. The molecule has 3 fully saturated rings. The summed E-state index contributed by atoms with van der Waals surface area (Å²) < 4.78 is 0. The molecule has 0 amide bonds. The molecular formula is C20H32O3. The summed E-state index contributed by atoms with van der Waals surface area (Å²) >= 11 is 0. The monoisotopic (exact) mass is 320 g/mol. The van der Waals surface area contributed by atoms with Gasteiger partial charge in [0.2, 0.25) is 0 Å². The van der Waals surface area contributed by atoms with Crippen LogP contribution in [0.4, 0.5) is 0 Å². The molecule has 3 saturated carbocycles. The molecule has 0 aromatic carbocycles. The number of aliphatic hydroxyl groups excluding tert-OH is 1. The van der Waals surface area contributed by atoms with Crippen LogP contribution in [0.1, 0.15) is 66.2 Å². The Hall–Kier alpha value is -0.670. The van der Waals surface area contributed by atoms with Crippen LogP contribution in [-0.4, -0.2) is 27.7 Å². The van der Waals surface area contributed by atoms with Crippen LogP contribution in [0.5, 0.6) is 0 Å². The summed E-state index contributed by atoms with van der Waals surface area (Å²) in [4.78, 5) is 13.2. The third-order valence-electron chi connectivity index (χ3n) is 7.67. The van der Waals surface area contributed by atoms with Crippen molar-refractivity contribution in [1.29, 1.82) is 0 Å². The van der Waals surface area contributed by atoms with Gasteiger partial charge in [-0.1, -0.05) is 40.2 Å². The second-order valence-electron chi connectivity index (χ2n) is 9.67. The van der Waals surface area contributed by atoms with Gasteiger partial charge in [0.05, 0.1) is 11.5 Å². The van der Waals surface area contributed by atoms with Crippen LogP contribution in [0.15, 0.2) is 12.7 Å². The van der Waals surface area contributed by atoms with Gasteiger partial charge in [-0.15, -0.1) is 6.58 Å². The number of ketones is 1. The van der Waals surface area contributed by atoms with Crippen molar-refractivity contribution >= 4 is 5.78 Å². The molecule has 6 atom stereocenters. The lowest BCUT2D eigenvalue weighted by Crippen LogP contribution is -2.68. The largest absolute Gasteiger partial charge is 0.389 e. The molecule has 0 unspecified atom stereocenters. The first kappa shape index (κ1) is 17.2. The summed E-state index contributed by atoms with van der Waals surface area (Å²) in [5.41, 5.74) is -1.75. The highest BCUT2D eigenvalue weighted by molar-refractivity contribution is 5.89. The molecule has 0 heterocycles. The first-order valence-electron chi connectivity index (χ1n) is 9.08. The standard InChI is InChI=1S/C20H32O3/c1-6-18(4)12-20(23)11-8-13-17(2,3)9-7-10-19(13,5)15(20)14(21)16(18)22/h6,13,15-16,22-23H,1,7-12H2,2-5H3/t13-,15+,16-,18+,19-,20+/m0/s1. The number of rotatable bonds is 1. The number of aliphatic hydroxyl groups is 2. The van der Waals surface area contributed by atoms with Crippen LogP contribution in [0.2, 0.25) is 0 Å². The van der Waals surface area contributed by atoms with Crippen LogP contribution in [0, 0.1) is 28.1 Å². The van der Waals surface area contributed by atoms with Gasteiger partial charge >= 0.3 is 0 Å². The van der Waals surface area contributed by atoms with Crippen LogP contribution in [-0.2, 0) is 4.79 Å². The molecular weight excluding hydrogens is 288 g/mol. The zero-order valence-electron chi connectivity index (χ0n) is 15.1. The fourth-order valence-electron chi connectivity index (χ4n) is 6.59. The number of carbonyl (C=O) groups excluding carboxylic acids is 1. The van der Waals surface area contributed by atoms with Gasteiger partial charge in [0.15, 0.2) is 5.78 Å². The Morgan fingerprint density at radius 2 is 1.83 bits per heavy atom. The maximum absolute atomic E-state index is 13.2. The predicted molar refractivity (Wildman–Crippen MR) is 90.8 cm³/mol. The van der Waals surface area contributed by atoms with E-state index in [1.165, 1.54) is 6.42 Å². The van der Waals surface area contributed by atoms with Crippen molar-refractivity contribution in [3.63, 3.8) is 0 Å². The molecule has 0 spiro atoms. The molecule has 23 heavy (non-hydrogen) atoms. The van der Waals surface area contributed by atoms with Crippen molar-refractivity contribution in [2.75, 3.05) is 0 Å². The molecule has 0 bridgehead atoms. The number of carbonyl (C=O) groups is 1. The molecule has 0 aliphatic heterocycles. The normalized spacial score (nSPS) is 52.4. The fourth-order valence-corrected chi connectivity index (χ4v) is 6.59. The molecule has 3 aliphatic rings. The number of hydrogen-bond donors (Lipinski definition) is 2. The average molecular weight is 320 g/mol. The van der Waals surface area contributed by atoms with E-state index in [1.807, 2.05) is 6.92 Å². The third kappa shape index (κ3) is 2.19. The minimum atomic E-state index is -1.05. The summed E-state index contributed by atoms with van der Waals surface area (Å²) in [5.74, 6) is -0.180.